The van der Waals surface area contributed by atoms with Crippen LogP contribution in [0.15, 0.2) is 0 Å². The minimum absolute atomic E-state index is 0.221. The number of hydrogen-bond acceptors (Lipinski definition) is 2. The van der Waals surface area contributed by atoms with E-state index in [0.717, 1.165) is 45.2 Å². The monoisotopic (exact) mass is 224 g/mol. The topological polar surface area (TPSA) is 46.3 Å². The molecule has 1 saturated heterocycles. The number of likely N-dealkylation sites (tertiary alicyclic amines) is 1. The van der Waals surface area contributed by atoms with E-state index in [2.05, 4.69) is 6.92 Å². The Morgan fingerprint density at radius 1 is 1.25 bits per heavy atom. The highest BCUT2D eigenvalue weighted by molar-refractivity contribution is 5.86. The van der Waals surface area contributed by atoms with Crippen LogP contribution in [-0.4, -0.2) is 29.4 Å². The van der Waals surface area contributed by atoms with Crippen molar-refractivity contribution < 1.29 is 4.79 Å². The molecule has 2 aliphatic rings. The van der Waals surface area contributed by atoms with Gasteiger partial charge in [0.15, 0.2) is 0 Å². The van der Waals surface area contributed by atoms with Crippen LogP contribution in [0.2, 0.25) is 0 Å². The van der Waals surface area contributed by atoms with Crippen LogP contribution in [0.5, 0.6) is 0 Å². The molecule has 1 aliphatic carbocycles. The molecule has 2 N–H and O–H groups in total. The molecule has 0 aromatic rings. The third-order valence-electron chi connectivity index (χ3n) is 4.12. The summed E-state index contributed by atoms with van der Waals surface area (Å²) in [5.41, 5.74) is 5.76. The second-order valence-corrected chi connectivity index (χ2v) is 5.72. The quantitative estimate of drug-likeness (QED) is 0.739. The molecular formula is C13H24N2O. The molecule has 0 radical (unpaired) electrons. The Morgan fingerprint density at radius 3 is 2.56 bits per heavy atom. The molecule has 92 valence electrons. The largest absolute Gasteiger partial charge is 0.341 e. The molecule has 1 aliphatic heterocycles. The summed E-state index contributed by atoms with van der Waals surface area (Å²) in [6.07, 6.45) is 7.64. The van der Waals surface area contributed by atoms with Gasteiger partial charge in [0.2, 0.25) is 5.91 Å². The van der Waals surface area contributed by atoms with E-state index in [4.69, 9.17) is 5.73 Å². The van der Waals surface area contributed by atoms with Gasteiger partial charge in [0, 0.05) is 13.1 Å². The van der Waals surface area contributed by atoms with Gasteiger partial charge in [-0.25, -0.2) is 0 Å². The fourth-order valence-electron chi connectivity index (χ4n) is 3.09. The van der Waals surface area contributed by atoms with Crippen molar-refractivity contribution in [3.8, 4) is 0 Å². The number of amides is 1. The van der Waals surface area contributed by atoms with Crippen molar-refractivity contribution >= 4 is 5.91 Å². The highest BCUT2D eigenvalue weighted by atomic mass is 16.2. The highest BCUT2D eigenvalue weighted by Crippen LogP contribution is 2.29. The van der Waals surface area contributed by atoms with Crippen molar-refractivity contribution in [2.45, 2.75) is 57.4 Å². The van der Waals surface area contributed by atoms with Gasteiger partial charge in [-0.2, -0.15) is 0 Å². The second kappa shape index (κ2) is 4.74. The van der Waals surface area contributed by atoms with Crippen LogP contribution >= 0.6 is 0 Å². The molecule has 3 heteroatoms. The predicted molar refractivity (Wildman–Crippen MR) is 65.0 cm³/mol. The minimum atomic E-state index is -0.532. The Labute approximate surface area is 98.4 Å². The molecule has 16 heavy (non-hydrogen) atoms. The number of nitrogens with zero attached hydrogens (tertiary/aromatic N) is 1. The maximum atomic E-state index is 12.4. The number of rotatable bonds is 1. The fraction of sp³-hybridized carbons (Fsp3) is 0.923. The van der Waals surface area contributed by atoms with Crippen molar-refractivity contribution in [2.75, 3.05) is 13.1 Å². The van der Waals surface area contributed by atoms with Crippen LogP contribution in [0.3, 0.4) is 0 Å². The van der Waals surface area contributed by atoms with Gasteiger partial charge in [-0.3, -0.25) is 4.79 Å². The van der Waals surface area contributed by atoms with E-state index in [0.29, 0.717) is 5.92 Å². The minimum Gasteiger partial charge on any atom is -0.341 e. The molecule has 0 spiro atoms. The van der Waals surface area contributed by atoms with Gasteiger partial charge in [-0.05, 0) is 31.6 Å². The Balaban J connectivity index is 1.99. The maximum absolute atomic E-state index is 12.4. The van der Waals surface area contributed by atoms with E-state index in [1.165, 1.54) is 12.8 Å². The first kappa shape index (κ1) is 11.9. The summed E-state index contributed by atoms with van der Waals surface area (Å²) in [5.74, 6) is 0.864. The summed E-state index contributed by atoms with van der Waals surface area (Å²) in [6.45, 7) is 4.06. The molecule has 2 fully saturated rings. The summed E-state index contributed by atoms with van der Waals surface area (Å²) in [7, 11) is 0. The summed E-state index contributed by atoms with van der Waals surface area (Å²) in [4.78, 5) is 14.4. The van der Waals surface area contributed by atoms with Crippen molar-refractivity contribution in [2.24, 2.45) is 11.7 Å². The third kappa shape index (κ3) is 2.40. The first-order chi connectivity index (χ1) is 7.62. The number of piperidine rings is 1. The molecule has 1 heterocycles. The summed E-state index contributed by atoms with van der Waals surface area (Å²) >= 11 is 0. The lowest BCUT2D eigenvalue weighted by molar-refractivity contribution is -0.140. The molecule has 1 unspecified atom stereocenters. The molecule has 2 rings (SSSR count). The van der Waals surface area contributed by atoms with Gasteiger partial charge in [-0.1, -0.05) is 26.2 Å². The number of carbonyl (C=O) groups is 1. The Morgan fingerprint density at radius 2 is 1.94 bits per heavy atom. The SMILES string of the molecule is CC1CCCN(C(=O)C2(N)CCCCC2)C1. The van der Waals surface area contributed by atoms with Crippen molar-refractivity contribution in [1.82, 2.24) is 4.90 Å². The zero-order valence-electron chi connectivity index (χ0n) is 10.4. The summed E-state index contributed by atoms with van der Waals surface area (Å²) in [6, 6.07) is 0. The van der Waals surface area contributed by atoms with E-state index >= 15 is 0 Å². The Hall–Kier alpha value is -0.570. The summed E-state index contributed by atoms with van der Waals surface area (Å²) < 4.78 is 0. The number of nitrogens with two attached hydrogens (primary N) is 1. The lowest BCUT2D eigenvalue weighted by Gasteiger charge is -2.39. The van der Waals surface area contributed by atoms with Crippen molar-refractivity contribution in [3.05, 3.63) is 0 Å². The molecule has 0 aromatic carbocycles. The fourth-order valence-corrected chi connectivity index (χ4v) is 3.09. The zero-order valence-corrected chi connectivity index (χ0v) is 10.4. The Bertz CT molecular complexity index is 259. The molecule has 1 atom stereocenters. The van der Waals surface area contributed by atoms with E-state index in [9.17, 15) is 4.79 Å². The molecule has 0 aromatic heterocycles. The highest BCUT2D eigenvalue weighted by Gasteiger charge is 2.39. The first-order valence-corrected chi connectivity index (χ1v) is 6.70. The normalized spacial score (nSPS) is 30.1. The molecule has 1 amide bonds. The van der Waals surface area contributed by atoms with E-state index in [1.54, 1.807) is 0 Å². The van der Waals surface area contributed by atoms with Crippen LogP contribution in [0, 0.1) is 5.92 Å². The van der Waals surface area contributed by atoms with Gasteiger partial charge in [0.05, 0.1) is 5.54 Å². The third-order valence-corrected chi connectivity index (χ3v) is 4.12. The van der Waals surface area contributed by atoms with Crippen LogP contribution in [-0.2, 0) is 4.79 Å². The van der Waals surface area contributed by atoms with E-state index < -0.39 is 5.54 Å². The van der Waals surface area contributed by atoms with Gasteiger partial charge in [0.25, 0.3) is 0 Å². The van der Waals surface area contributed by atoms with E-state index in [1.807, 2.05) is 4.90 Å². The molecule has 3 nitrogen and oxygen atoms in total. The van der Waals surface area contributed by atoms with Gasteiger partial charge in [0.1, 0.15) is 0 Å². The van der Waals surface area contributed by atoms with Crippen molar-refractivity contribution in [3.63, 3.8) is 0 Å². The Kier molecular flexibility index (Phi) is 3.53. The van der Waals surface area contributed by atoms with E-state index in [-0.39, 0.29) is 5.91 Å². The number of hydrogen-bond donors (Lipinski definition) is 1. The van der Waals surface area contributed by atoms with Crippen LogP contribution < -0.4 is 5.73 Å². The lowest BCUT2D eigenvalue weighted by Crippen LogP contribution is -2.57. The van der Waals surface area contributed by atoms with Gasteiger partial charge < -0.3 is 10.6 Å². The van der Waals surface area contributed by atoms with Crippen molar-refractivity contribution in [1.29, 1.82) is 0 Å². The standard InChI is InChI=1S/C13H24N2O/c1-11-6-5-9-15(10-11)12(16)13(14)7-3-2-4-8-13/h11H,2-10,14H2,1H3. The van der Waals surface area contributed by atoms with Crippen LogP contribution in [0.1, 0.15) is 51.9 Å². The lowest BCUT2D eigenvalue weighted by atomic mass is 9.81. The zero-order chi connectivity index (χ0) is 11.6. The first-order valence-electron chi connectivity index (χ1n) is 6.70. The molecular weight excluding hydrogens is 200 g/mol. The second-order valence-electron chi connectivity index (χ2n) is 5.72. The maximum Gasteiger partial charge on any atom is 0.242 e. The van der Waals surface area contributed by atoms with Gasteiger partial charge >= 0.3 is 0 Å². The molecule has 1 saturated carbocycles. The molecule has 0 bridgehead atoms. The smallest absolute Gasteiger partial charge is 0.242 e. The average molecular weight is 224 g/mol. The predicted octanol–water partition coefficient (Wildman–Crippen LogP) is 1.91. The summed E-state index contributed by atoms with van der Waals surface area (Å²) in [5, 5.41) is 0. The average Bonchev–Trinajstić information content (AvgIpc) is 2.29. The number of carbonyl (C=O) groups excluding carboxylic acids is 1. The van der Waals surface area contributed by atoms with Gasteiger partial charge in [-0.15, -0.1) is 0 Å². The van der Waals surface area contributed by atoms with Crippen LogP contribution in [0.4, 0.5) is 0 Å². The van der Waals surface area contributed by atoms with Crippen LogP contribution in [0.25, 0.3) is 0 Å².